The first-order valence-corrected chi connectivity index (χ1v) is 8.25. The summed E-state index contributed by atoms with van der Waals surface area (Å²) in [7, 11) is 1.81. The fourth-order valence-corrected chi connectivity index (χ4v) is 3.56. The van der Waals surface area contributed by atoms with E-state index >= 15 is 0 Å². The SMILES string of the molecule is CCNC(C)c1ccc(N2CCCC(OC)C2)cc1Br. The summed E-state index contributed by atoms with van der Waals surface area (Å²) in [5.41, 5.74) is 2.60. The molecule has 0 radical (unpaired) electrons. The zero-order valence-electron chi connectivity index (χ0n) is 12.7. The summed E-state index contributed by atoms with van der Waals surface area (Å²) < 4.78 is 6.69. The van der Waals surface area contributed by atoms with Crippen molar-refractivity contribution in [2.75, 3.05) is 31.6 Å². The summed E-state index contributed by atoms with van der Waals surface area (Å²) in [4.78, 5) is 2.42. The lowest BCUT2D eigenvalue weighted by atomic mass is 10.0. The van der Waals surface area contributed by atoms with Crippen LogP contribution in [0.15, 0.2) is 22.7 Å². The Morgan fingerprint density at radius 2 is 2.30 bits per heavy atom. The molecule has 20 heavy (non-hydrogen) atoms. The van der Waals surface area contributed by atoms with Crippen LogP contribution in [0, 0.1) is 0 Å². The number of halogens is 1. The largest absolute Gasteiger partial charge is 0.380 e. The van der Waals surface area contributed by atoms with Crippen LogP contribution in [-0.4, -0.2) is 32.8 Å². The van der Waals surface area contributed by atoms with Crippen molar-refractivity contribution in [2.24, 2.45) is 0 Å². The molecule has 1 heterocycles. The molecule has 1 N–H and O–H groups in total. The molecule has 4 heteroatoms. The Labute approximate surface area is 130 Å². The maximum Gasteiger partial charge on any atom is 0.0746 e. The summed E-state index contributed by atoms with van der Waals surface area (Å²) in [6, 6.07) is 7.06. The van der Waals surface area contributed by atoms with Gasteiger partial charge in [-0.25, -0.2) is 0 Å². The molecule has 1 fully saturated rings. The van der Waals surface area contributed by atoms with Gasteiger partial charge >= 0.3 is 0 Å². The highest BCUT2D eigenvalue weighted by Gasteiger charge is 2.20. The molecule has 1 aromatic rings. The molecule has 1 saturated heterocycles. The quantitative estimate of drug-likeness (QED) is 0.883. The Hall–Kier alpha value is -0.580. The monoisotopic (exact) mass is 340 g/mol. The molecule has 2 atom stereocenters. The number of rotatable bonds is 5. The molecule has 112 valence electrons. The first kappa shape index (κ1) is 15.8. The Bertz CT molecular complexity index is 438. The fraction of sp³-hybridized carbons (Fsp3) is 0.625. The van der Waals surface area contributed by atoms with Crippen molar-refractivity contribution in [3.05, 3.63) is 28.2 Å². The highest BCUT2D eigenvalue weighted by molar-refractivity contribution is 9.10. The van der Waals surface area contributed by atoms with E-state index in [4.69, 9.17) is 4.74 Å². The number of benzene rings is 1. The van der Waals surface area contributed by atoms with Gasteiger partial charge in [0.2, 0.25) is 0 Å². The minimum atomic E-state index is 0.364. The Morgan fingerprint density at radius 3 is 2.95 bits per heavy atom. The number of ether oxygens (including phenoxy) is 1. The lowest BCUT2D eigenvalue weighted by molar-refractivity contribution is 0.0893. The van der Waals surface area contributed by atoms with Crippen LogP contribution in [0.5, 0.6) is 0 Å². The maximum absolute atomic E-state index is 5.50. The van der Waals surface area contributed by atoms with Gasteiger partial charge in [-0.3, -0.25) is 0 Å². The van der Waals surface area contributed by atoms with Crippen molar-refractivity contribution >= 4 is 21.6 Å². The van der Waals surface area contributed by atoms with Crippen molar-refractivity contribution in [3.8, 4) is 0 Å². The third-order valence-electron chi connectivity index (χ3n) is 4.04. The number of hydrogen-bond acceptors (Lipinski definition) is 3. The van der Waals surface area contributed by atoms with E-state index in [9.17, 15) is 0 Å². The Morgan fingerprint density at radius 1 is 1.50 bits per heavy atom. The van der Waals surface area contributed by atoms with Crippen LogP contribution in [-0.2, 0) is 4.74 Å². The van der Waals surface area contributed by atoms with E-state index in [1.807, 2.05) is 7.11 Å². The van der Waals surface area contributed by atoms with Gasteiger partial charge in [-0.15, -0.1) is 0 Å². The number of hydrogen-bond donors (Lipinski definition) is 1. The highest BCUT2D eigenvalue weighted by Crippen LogP contribution is 2.30. The van der Waals surface area contributed by atoms with Gasteiger partial charge in [-0.2, -0.15) is 0 Å². The summed E-state index contributed by atoms with van der Waals surface area (Å²) in [5.74, 6) is 0. The van der Waals surface area contributed by atoms with E-state index in [1.165, 1.54) is 28.6 Å². The molecule has 1 aliphatic rings. The molecule has 0 saturated carbocycles. The second-order valence-electron chi connectivity index (χ2n) is 5.43. The van der Waals surface area contributed by atoms with Crippen LogP contribution in [0.2, 0.25) is 0 Å². The van der Waals surface area contributed by atoms with Crippen molar-refractivity contribution < 1.29 is 4.74 Å². The van der Waals surface area contributed by atoms with E-state index < -0.39 is 0 Å². The van der Waals surface area contributed by atoms with Gasteiger partial charge < -0.3 is 15.0 Å². The standard InChI is InChI=1S/C16H25BrN2O/c1-4-18-12(2)15-8-7-13(10-16(15)17)19-9-5-6-14(11-19)20-3/h7-8,10,12,14,18H,4-6,9,11H2,1-3H3. The average molecular weight is 341 g/mol. The number of anilines is 1. The van der Waals surface area contributed by atoms with Crippen molar-refractivity contribution in [3.63, 3.8) is 0 Å². The number of methoxy groups -OCH3 is 1. The number of nitrogens with zero attached hydrogens (tertiary/aromatic N) is 1. The molecule has 2 unspecified atom stereocenters. The molecule has 1 aliphatic heterocycles. The van der Waals surface area contributed by atoms with Gasteiger partial charge in [-0.05, 0) is 44.0 Å². The fourth-order valence-electron chi connectivity index (χ4n) is 2.85. The minimum absolute atomic E-state index is 0.364. The van der Waals surface area contributed by atoms with Crippen LogP contribution in [0.3, 0.4) is 0 Å². The van der Waals surface area contributed by atoms with E-state index in [1.54, 1.807) is 0 Å². The van der Waals surface area contributed by atoms with Gasteiger partial charge in [0.1, 0.15) is 0 Å². The smallest absolute Gasteiger partial charge is 0.0746 e. The summed E-state index contributed by atoms with van der Waals surface area (Å²) in [6.45, 7) is 7.43. The lowest BCUT2D eigenvalue weighted by Gasteiger charge is -2.34. The first-order chi connectivity index (χ1) is 9.65. The molecule has 2 rings (SSSR count). The first-order valence-electron chi connectivity index (χ1n) is 7.46. The second-order valence-corrected chi connectivity index (χ2v) is 6.29. The van der Waals surface area contributed by atoms with Crippen molar-refractivity contribution in [2.45, 2.75) is 38.8 Å². The van der Waals surface area contributed by atoms with Gasteiger partial charge in [-0.1, -0.05) is 28.9 Å². The van der Waals surface area contributed by atoms with Crippen LogP contribution in [0.4, 0.5) is 5.69 Å². The number of piperidine rings is 1. The molecule has 3 nitrogen and oxygen atoms in total. The van der Waals surface area contributed by atoms with Gasteiger partial charge in [0, 0.05) is 36.4 Å². The third-order valence-corrected chi connectivity index (χ3v) is 4.72. The third kappa shape index (κ3) is 3.74. The van der Waals surface area contributed by atoms with Crippen LogP contribution in [0.25, 0.3) is 0 Å². The molecule has 0 aromatic heterocycles. The van der Waals surface area contributed by atoms with Gasteiger partial charge in [0.05, 0.1) is 6.10 Å². The molecule has 0 spiro atoms. The average Bonchev–Trinajstić information content (AvgIpc) is 2.47. The highest BCUT2D eigenvalue weighted by atomic mass is 79.9. The molecule has 0 amide bonds. The van der Waals surface area contributed by atoms with Crippen molar-refractivity contribution in [1.82, 2.24) is 5.32 Å². The van der Waals surface area contributed by atoms with E-state index in [2.05, 4.69) is 58.2 Å². The summed E-state index contributed by atoms with van der Waals surface area (Å²) in [5, 5.41) is 3.45. The van der Waals surface area contributed by atoms with Crippen LogP contribution < -0.4 is 10.2 Å². The molecule has 0 aliphatic carbocycles. The molecule has 1 aromatic carbocycles. The second kappa shape index (κ2) is 7.43. The minimum Gasteiger partial charge on any atom is -0.380 e. The van der Waals surface area contributed by atoms with E-state index in [0.29, 0.717) is 12.1 Å². The number of nitrogens with one attached hydrogen (secondary N) is 1. The topological polar surface area (TPSA) is 24.5 Å². The molecular weight excluding hydrogens is 316 g/mol. The predicted molar refractivity (Wildman–Crippen MR) is 88.5 cm³/mol. The van der Waals surface area contributed by atoms with E-state index in [-0.39, 0.29) is 0 Å². The van der Waals surface area contributed by atoms with Crippen LogP contribution >= 0.6 is 15.9 Å². The molecule has 0 bridgehead atoms. The Kier molecular flexibility index (Phi) is 5.87. The van der Waals surface area contributed by atoms with Gasteiger partial charge in [0.15, 0.2) is 0 Å². The molecular formula is C16H25BrN2O. The zero-order valence-corrected chi connectivity index (χ0v) is 14.2. The summed E-state index contributed by atoms with van der Waals surface area (Å²) >= 11 is 3.72. The zero-order chi connectivity index (χ0) is 14.5. The van der Waals surface area contributed by atoms with E-state index in [0.717, 1.165) is 19.6 Å². The Balaban J connectivity index is 2.12. The normalized spacial score (nSPS) is 21.0. The van der Waals surface area contributed by atoms with Gasteiger partial charge in [0.25, 0.3) is 0 Å². The lowest BCUT2D eigenvalue weighted by Crippen LogP contribution is -2.39. The summed E-state index contributed by atoms with van der Waals surface area (Å²) in [6.07, 6.45) is 2.73. The predicted octanol–water partition coefficient (Wildman–Crippen LogP) is 3.73. The van der Waals surface area contributed by atoms with Crippen molar-refractivity contribution in [1.29, 1.82) is 0 Å². The van der Waals surface area contributed by atoms with Crippen LogP contribution in [0.1, 0.15) is 38.3 Å². The maximum atomic E-state index is 5.50.